The Bertz CT molecular complexity index is 553. The molecule has 0 saturated heterocycles. The molecule has 0 aliphatic rings. The number of nitrogens with zero attached hydrogens (tertiary/aromatic N) is 3. The number of thiazole rings is 1. The summed E-state index contributed by atoms with van der Waals surface area (Å²) in [7, 11) is 0. The molecule has 2 heterocycles. The molecule has 0 unspecified atom stereocenters. The number of hydrogen-bond donors (Lipinski definition) is 1. The number of aromatic nitrogens is 3. The Morgan fingerprint density at radius 3 is 2.74 bits per heavy atom. The summed E-state index contributed by atoms with van der Waals surface area (Å²) in [6.45, 7) is 7.02. The zero-order valence-electron chi connectivity index (χ0n) is 11.3. The van der Waals surface area contributed by atoms with Crippen LogP contribution in [0.3, 0.4) is 0 Å². The van der Waals surface area contributed by atoms with Crippen molar-refractivity contribution in [1.82, 2.24) is 15.0 Å². The highest BCUT2D eigenvalue weighted by atomic mass is 79.9. The Morgan fingerprint density at radius 2 is 2.11 bits per heavy atom. The summed E-state index contributed by atoms with van der Waals surface area (Å²) in [5.74, 6) is 2.03. The number of anilines is 1. The van der Waals surface area contributed by atoms with Crippen LogP contribution >= 0.6 is 27.3 Å². The molecule has 0 aromatic carbocycles. The van der Waals surface area contributed by atoms with Gasteiger partial charge in [-0.1, -0.05) is 13.8 Å². The van der Waals surface area contributed by atoms with E-state index >= 15 is 0 Å². The van der Waals surface area contributed by atoms with E-state index < -0.39 is 0 Å². The van der Waals surface area contributed by atoms with Gasteiger partial charge < -0.3 is 5.32 Å². The lowest BCUT2D eigenvalue weighted by Crippen LogP contribution is -2.09. The van der Waals surface area contributed by atoms with Crippen molar-refractivity contribution in [1.29, 1.82) is 0 Å². The lowest BCUT2D eigenvalue weighted by atomic mass is 10.2. The summed E-state index contributed by atoms with van der Waals surface area (Å²) >= 11 is 5.11. The van der Waals surface area contributed by atoms with Crippen molar-refractivity contribution >= 4 is 33.1 Å². The van der Waals surface area contributed by atoms with Crippen LogP contribution in [0, 0.1) is 6.92 Å². The van der Waals surface area contributed by atoms with Gasteiger partial charge in [0.15, 0.2) is 0 Å². The number of halogens is 1. The Hall–Kier alpha value is -1.01. The minimum absolute atomic E-state index is 0.319. The zero-order valence-corrected chi connectivity index (χ0v) is 13.7. The van der Waals surface area contributed by atoms with Gasteiger partial charge in [-0.2, -0.15) is 0 Å². The van der Waals surface area contributed by atoms with Gasteiger partial charge in [-0.25, -0.2) is 15.0 Å². The van der Waals surface area contributed by atoms with Crippen molar-refractivity contribution < 1.29 is 0 Å². The minimum Gasteiger partial charge on any atom is -0.370 e. The predicted molar refractivity (Wildman–Crippen MR) is 82.9 cm³/mol. The van der Waals surface area contributed by atoms with Crippen LogP contribution in [0.5, 0.6) is 0 Å². The number of aryl methyl sites for hydroxylation is 1. The van der Waals surface area contributed by atoms with Crippen LogP contribution in [0.2, 0.25) is 0 Å². The van der Waals surface area contributed by atoms with Crippen molar-refractivity contribution in [3.63, 3.8) is 0 Å². The quantitative estimate of drug-likeness (QED) is 0.841. The highest BCUT2D eigenvalue weighted by Gasteiger charge is 2.06. The molecule has 0 saturated carbocycles. The molecule has 19 heavy (non-hydrogen) atoms. The van der Waals surface area contributed by atoms with E-state index in [0.717, 1.165) is 39.9 Å². The van der Waals surface area contributed by atoms with Crippen LogP contribution < -0.4 is 5.32 Å². The van der Waals surface area contributed by atoms with Gasteiger partial charge in [0, 0.05) is 30.3 Å². The molecule has 0 aliphatic heterocycles. The normalized spacial score (nSPS) is 11.0. The maximum Gasteiger partial charge on any atom is 0.134 e. The number of nitrogens with one attached hydrogen (secondary N) is 1. The Balaban J connectivity index is 1.95. The number of hydrogen-bond acceptors (Lipinski definition) is 5. The van der Waals surface area contributed by atoms with Crippen LogP contribution in [0.4, 0.5) is 5.82 Å². The molecule has 0 bridgehead atoms. The molecule has 0 aliphatic carbocycles. The third-order valence-corrected chi connectivity index (χ3v) is 3.81. The van der Waals surface area contributed by atoms with Gasteiger partial charge in [-0.3, -0.25) is 0 Å². The second-order valence-corrected chi connectivity index (χ2v) is 6.50. The van der Waals surface area contributed by atoms with E-state index in [1.165, 1.54) is 0 Å². The van der Waals surface area contributed by atoms with Gasteiger partial charge in [0.25, 0.3) is 0 Å². The van der Waals surface area contributed by atoms with Crippen LogP contribution in [-0.4, -0.2) is 21.5 Å². The standard InChI is InChI=1S/C13H17BrN4S/c1-8(2)13-17-11(14)6-12(18-13)15-5-4-10-7-19-9(3)16-10/h6-8H,4-5H2,1-3H3,(H,15,17,18). The summed E-state index contributed by atoms with van der Waals surface area (Å²) in [6.07, 6.45) is 0.906. The maximum absolute atomic E-state index is 4.50. The van der Waals surface area contributed by atoms with Crippen LogP contribution in [0.15, 0.2) is 16.0 Å². The van der Waals surface area contributed by atoms with Gasteiger partial charge in [0.2, 0.25) is 0 Å². The molecule has 0 fully saturated rings. The molecule has 0 amide bonds. The summed E-state index contributed by atoms with van der Waals surface area (Å²) < 4.78 is 0.818. The molecule has 2 rings (SSSR count). The summed E-state index contributed by atoms with van der Waals surface area (Å²) in [5.41, 5.74) is 1.13. The fraction of sp³-hybridized carbons (Fsp3) is 0.462. The van der Waals surface area contributed by atoms with Crippen molar-refractivity contribution in [3.8, 4) is 0 Å². The lowest BCUT2D eigenvalue weighted by Gasteiger charge is -2.09. The molecule has 6 heteroatoms. The second-order valence-electron chi connectivity index (χ2n) is 4.62. The first-order valence-corrected chi connectivity index (χ1v) is 7.91. The predicted octanol–water partition coefficient (Wildman–Crippen LogP) is 3.78. The van der Waals surface area contributed by atoms with E-state index in [9.17, 15) is 0 Å². The average molecular weight is 341 g/mol. The van der Waals surface area contributed by atoms with E-state index in [1.807, 2.05) is 13.0 Å². The first-order chi connectivity index (χ1) is 9.04. The lowest BCUT2D eigenvalue weighted by molar-refractivity contribution is 0.769. The first-order valence-electron chi connectivity index (χ1n) is 6.24. The van der Waals surface area contributed by atoms with E-state index in [-0.39, 0.29) is 0 Å². The van der Waals surface area contributed by atoms with E-state index in [0.29, 0.717) is 5.92 Å². The molecule has 0 atom stereocenters. The van der Waals surface area contributed by atoms with Crippen LogP contribution in [0.1, 0.15) is 36.3 Å². The highest BCUT2D eigenvalue weighted by molar-refractivity contribution is 9.10. The molecule has 1 N–H and O–H groups in total. The fourth-order valence-corrected chi connectivity index (χ4v) is 2.67. The molecule has 0 radical (unpaired) electrons. The third-order valence-electron chi connectivity index (χ3n) is 2.58. The number of rotatable bonds is 5. The Labute approximate surface area is 125 Å². The molecular formula is C13H17BrN4S. The zero-order chi connectivity index (χ0) is 13.8. The third kappa shape index (κ3) is 4.24. The first kappa shape index (κ1) is 14.4. The van der Waals surface area contributed by atoms with Crippen molar-refractivity contribution in [2.24, 2.45) is 0 Å². The smallest absolute Gasteiger partial charge is 0.134 e. The summed E-state index contributed by atoms with van der Waals surface area (Å²) in [5, 5.41) is 6.54. The minimum atomic E-state index is 0.319. The molecule has 2 aromatic heterocycles. The van der Waals surface area contributed by atoms with Crippen molar-refractivity contribution in [2.75, 3.05) is 11.9 Å². The van der Waals surface area contributed by atoms with E-state index in [4.69, 9.17) is 0 Å². The van der Waals surface area contributed by atoms with Gasteiger partial charge >= 0.3 is 0 Å². The fourth-order valence-electron chi connectivity index (χ4n) is 1.63. The molecule has 0 spiro atoms. The maximum atomic E-state index is 4.50. The van der Waals surface area contributed by atoms with Gasteiger partial charge in [0.1, 0.15) is 16.2 Å². The molecule has 4 nitrogen and oxygen atoms in total. The molecule has 2 aromatic rings. The van der Waals surface area contributed by atoms with Gasteiger partial charge in [0.05, 0.1) is 10.7 Å². The SMILES string of the molecule is Cc1nc(CCNc2cc(Br)nc(C(C)C)n2)cs1. The Morgan fingerprint density at radius 1 is 1.32 bits per heavy atom. The topological polar surface area (TPSA) is 50.7 Å². The van der Waals surface area contributed by atoms with Crippen molar-refractivity contribution in [3.05, 3.63) is 32.6 Å². The average Bonchev–Trinajstić information content (AvgIpc) is 2.74. The summed E-state index contributed by atoms with van der Waals surface area (Å²) in [4.78, 5) is 13.3. The van der Waals surface area contributed by atoms with E-state index in [1.54, 1.807) is 11.3 Å². The largest absolute Gasteiger partial charge is 0.370 e. The molecule has 102 valence electrons. The Kier molecular flexibility index (Phi) is 4.87. The van der Waals surface area contributed by atoms with Gasteiger partial charge in [-0.05, 0) is 22.9 Å². The highest BCUT2D eigenvalue weighted by Crippen LogP contribution is 2.17. The summed E-state index contributed by atoms with van der Waals surface area (Å²) in [6, 6.07) is 1.90. The van der Waals surface area contributed by atoms with E-state index in [2.05, 4.69) is 55.4 Å². The monoisotopic (exact) mass is 340 g/mol. The van der Waals surface area contributed by atoms with Crippen LogP contribution in [0.25, 0.3) is 0 Å². The molecular weight excluding hydrogens is 324 g/mol. The van der Waals surface area contributed by atoms with Crippen molar-refractivity contribution in [2.45, 2.75) is 33.1 Å². The second kappa shape index (κ2) is 6.43. The van der Waals surface area contributed by atoms with Gasteiger partial charge in [-0.15, -0.1) is 11.3 Å². The van der Waals surface area contributed by atoms with Crippen LogP contribution in [-0.2, 0) is 6.42 Å².